The van der Waals surface area contributed by atoms with E-state index in [9.17, 15) is 5.26 Å². The van der Waals surface area contributed by atoms with Crippen molar-refractivity contribution in [1.29, 1.82) is 5.26 Å². The molecule has 12 heteroatoms. The van der Waals surface area contributed by atoms with Gasteiger partial charge in [0.25, 0.3) is 0 Å². The molecular weight excluding hydrogens is 554 g/mol. The monoisotopic (exact) mass is 593 g/mol. The maximum absolute atomic E-state index is 9.77. The fraction of sp³-hybridized carbons (Fsp3) is 0.600. The minimum Gasteiger partial charge on any atom is -0.381 e. The van der Waals surface area contributed by atoms with Crippen molar-refractivity contribution in [2.24, 2.45) is 11.3 Å². The van der Waals surface area contributed by atoms with E-state index in [-0.39, 0.29) is 12.1 Å². The summed E-state index contributed by atoms with van der Waals surface area (Å²) in [7, 11) is 0. The van der Waals surface area contributed by atoms with Crippen LogP contribution in [0.5, 0.6) is 0 Å². The van der Waals surface area contributed by atoms with Crippen LogP contribution in [0.2, 0.25) is 5.02 Å². The van der Waals surface area contributed by atoms with Crippen LogP contribution >= 0.6 is 11.6 Å². The third-order valence-corrected chi connectivity index (χ3v) is 8.72. The van der Waals surface area contributed by atoms with E-state index in [4.69, 9.17) is 26.1 Å². The predicted octanol–water partition coefficient (Wildman–Crippen LogP) is 4.90. The first kappa shape index (κ1) is 30.3. The van der Waals surface area contributed by atoms with Crippen molar-refractivity contribution in [3.05, 3.63) is 47.0 Å². The summed E-state index contributed by atoms with van der Waals surface area (Å²) in [6.45, 7) is 6.45. The molecule has 11 nitrogen and oxygen atoms in total. The number of halogens is 1. The molecule has 2 fully saturated rings. The molecule has 3 aromatic heterocycles. The number of aromatic nitrogens is 6. The van der Waals surface area contributed by atoms with Crippen molar-refractivity contribution in [3.63, 3.8) is 0 Å². The van der Waals surface area contributed by atoms with E-state index in [1.807, 2.05) is 25.1 Å². The summed E-state index contributed by atoms with van der Waals surface area (Å²) in [5.74, 6) is 1.88. The molecule has 0 aromatic carbocycles. The van der Waals surface area contributed by atoms with E-state index < -0.39 is 5.41 Å². The van der Waals surface area contributed by atoms with Gasteiger partial charge in [0.1, 0.15) is 11.9 Å². The van der Waals surface area contributed by atoms with Gasteiger partial charge in [-0.1, -0.05) is 22.9 Å². The van der Waals surface area contributed by atoms with Crippen molar-refractivity contribution in [1.82, 2.24) is 35.9 Å². The summed E-state index contributed by atoms with van der Waals surface area (Å²) in [5, 5.41) is 31.5. The minimum absolute atomic E-state index is 0.192. The summed E-state index contributed by atoms with van der Waals surface area (Å²) in [6.07, 6.45) is 8.46. The zero-order valence-corrected chi connectivity index (χ0v) is 25.1. The second-order valence-electron chi connectivity index (χ2n) is 11.7. The number of hydrogen-bond acceptors (Lipinski definition) is 10. The Kier molecular flexibility index (Phi) is 10.3. The molecule has 4 heterocycles. The highest BCUT2D eigenvalue weighted by atomic mass is 35.5. The van der Waals surface area contributed by atoms with Crippen molar-refractivity contribution in [3.8, 4) is 17.3 Å². The van der Waals surface area contributed by atoms with E-state index in [0.29, 0.717) is 49.2 Å². The van der Waals surface area contributed by atoms with Gasteiger partial charge in [-0.3, -0.25) is 4.98 Å². The molecule has 2 unspecified atom stereocenters. The number of tetrazole rings is 1. The van der Waals surface area contributed by atoms with E-state index in [1.54, 1.807) is 6.20 Å². The molecule has 1 aliphatic carbocycles. The quantitative estimate of drug-likeness (QED) is 0.265. The topological polar surface area (TPSA) is 147 Å². The third-order valence-electron chi connectivity index (χ3n) is 8.42. The predicted molar refractivity (Wildman–Crippen MR) is 160 cm³/mol. The van der Waals surface area contributed by atoms with Crippen LogP contribution in [0.3, 0.4) is 0 Å². The molecule has 2 atom stereocenters. The maximum Gasteiger partial charge on any atom is 0.202 e. The van der Waals surface area contributed by atoms with Gasteiger partial charge in [-0.05, 0) is 82.9 Å². The van der Waals surface area contributed by atoms with E-state index in [1.165, 1.54) is 0 Å². The lowest BCUT2D eigenvalue weighted by atomic mass is 9.82. The van der Waals surface area contributed by atoms with Gasteiger partial charge in [0, 0.05) is 49.3 Å². The lowest BCUT2D eigenvalue weighted by molar-refractivity contribution is 0.0432. The molecule has 1 saturated carbocycles. The van der Waals surface area contributed by atoms with Gasteiger partial charge in [0.05, 0.1) is 28.8 Å². The van der Waals surface area contributed by atoms with Crippen molar-refractivity contribution in [2.45, 2.75) is 77.0 Å². The molecule has 224 valence electrons. The van der Waals surface area contributed by atoms with Crippen LogP contribution in [-0.2, 0) is 15.9 Å². The number of pyridine rings is 2. The second-order valence-corrected chi connectivity index (χ2v) is 12.1. The molecule has 1 saturated heterocycles. The zero-order chi connectivity index (χ0) is 29.4. The lowest BCUT2D eigenvalue weighted by Crippen LogP contribution is -2.41. The van der Waals surface area contributed by atoms with Crippen LogP contribution in [0.15, 0.2) is 30.5 Å². The zero-order valence-electron chi connectivity index (χ0n) is 24.4. The number of nitrogens with zero attached hydrogens (tertiary/aromatic N) is 6. The normalized spacial score (nSPS) is 21.8. The average Bonchev–Trinajstić information content (AvgIpc) is 3.57. The van der Waals surface area contributed by atoms with Crippen LogP contribution in [0.4, 0.5) is 5.82 Å². The van der Waals surface area contributed by atoms with Crippen molar-refractivity contribution in [2.75, 3.05) is 31.7 Å². The number of rotatable bonds is 12. The Morgan fingerprint density at radius 3 is 2.76 bits per heavy atom. The highest BCUT2D eigenvalue weighted by Gasteiger charge is 2.32. The molecule has 3 N–H and O–H groups in total. The summed E-state index contributed by atoms with van der Waals surface area (Å²) >= 11 is 6.60. The lowest BCUT2D eigenvalue weighted by Gasteiger charge is -2.31. The first-order valence-corrected chi connectivity index (χ1v) is 15.3. The van der Waals surface area contributed by atoms with Gasteiger partial charge >= 0.3 is 0 Å². The summed E-state index contributed by atoms with van der Waals surface area (Å²) < 4.78 is 11.4. The van der Waals surface area contributed by atoms with Gasteiger partial charge in [-0.2, -0.15) is 10.5 Å². The number of nitriles is 1. The second kappa shape index (κ2) is 14.3. The van der Waals surface area contributed by atoms with Crippen LogP contribution in [0.25, 0.3) is 11.3 Å². The molecular formula is C30H40ClN9O2. The third kappa shape index (κ3) is 8.01. The molecule has 3 aromatic rings. The minimum atomic E-state index is -0.424. The molecule has 2 aliphatic rings. The fourth-order valence-corrected chi connectivity index (χ4v) is 6.01. The molecule has 0 bridgehead atoms. The smallest absolute Gasteiger partial charge is 0.202 e. The Bertz CT molecular complexity index is 1320. The van der Waals surface area contributed by atoms with Crippen LogP contribution in [0.1, 0.15) is 70.0 Å². The first-order chi connectivity index (χ1) is 20.4. The Labute approximate surface area is 252 Å². The molecule has 5 rings (SSSR count). The Morgan fingerprint density at radius 2 is 2.02 bits per heavy atom. The first-order valence-electron chi connectivity index (χ1n) is 14.9. The van der Waals surface area contributed by atoms with Crippen LogP contribution in [-0.4, -0.2) is 69.0 Å². The van der Waals surface area contributed by atoms with Crippen molar-refractivity contribution >= 4 is 17.4 Å². The number of ether oxygens (including phenoxy) is 2. The highest BCUT2D eigenvalue weighted by Crippen LogP contribution is 2.33. The number of nitrogens with one attached hydrogen (secondary N) is 3. The molecule has 1 aliphatic heterocycles. The molecule has 0 radical (unpaired) electrons. The number of aromatic amines is 1. The fourth-order valence-electron chi connectivity index (χ4n) is 5.81. The maximum atomic E-state index is 9.77. The van der Waals surface area contributed by atoms with E-state index in [2.05, 4.69) is 55.3 Å². The summed E-state index contributed by atoms with van der Waals surface area (Å²) in [4.78, 5) is 9.48. The van der Waals surface area contributed by atoms with E-state index >= 15 is 0 Å². The van der Waals surface area contributed by atoms with Gasteiger partial charge in [-0.15, -0.1) is 10.2 Å². The Morgan fingerprint density at radius 1 is 1.21 bits per heavy atom. The van der Waals surface area contributed by atoms with Crippen LogP contribution in [0, 0.1) is 22.7 Å². The number of anilines is 1. The molecule has 42 heavy (non-hydrogen) atoms. The SMILES string of the molecule is CC(COC(C)c1nn[nH]n1)NC1CCC(Cc2cc(-c3cccc(NCC4(C#N)CCOCC4)n3)c(Cl)cn2)CC1. The molecule has 0 spiro atoms. The summed E-state index contributed by atoms with van der Waals surface area (Å²) in [6, 6.07) is 11.2. The van der Waals surface area contributed by atoms with Gasteiger partial charge in [-0.25, -0.2) is 4.98 Å². The highest BCUT2D eigenvalue weighted by molar-refractivity contribution is 6.33. The largest absolute Gasteiger partial charge is 0.381 e. The van der Waals surface area contributed by atoms with Crippen molar-refractivity contribution < 1.29 is 9.47 Å². The van der Waals surface area contributed by atoms with Gasteiger partial charge < -0.3 is 20.1 Å². The Hall–Kier alpha value is -3.17. The molecule has 0 amide bonds. The number of hydrogen-bond donors (Lipinski definition) is 3. The summed E-state index contributed by atoms with van der Waals surface area (Å²) in [5.41, 5.74) is 2.29. The van der Waals surface area contributed by atoms with Gasteiger partial charge in [0.2, 0.25) is 5.82 Å². The number of H-pyrrole nitrogens is 1. The van der Waals surface area contributed by atoms with Crippen LogP contribution < -0.4 is 10.6 Å². The Balaban J connectivity index is 1.11. The van der Waals surface area contributed by atoms with Gasteiger partial charge in [0.15, 0.2) is 0 Å². The standard InChI is InChI=1S/C30H40ClN9O2/c1-20(17-42-21(2)29-37-39-40-38-29)35-23-8-6-22(7-9-23)14-24-15-25(26(31)16-33-24)27-4-3-5-28(36-27)34-19-30(18-32)10-12-41-13-11-30/h3-5,15-16,20-23,35H,6-14,17,19H2,1-2H3,(H,34,36)(H,37,38,39,40). The average molecular weight is 594 g/mol. The van der Waals surface area contributed by atoms with E-state index in [0.717, 1.165) is 67.7 Å².